The van der Waals surface area contributed by atoms with Gasteiger partial charge in [-0.3, -0.25) is 9.59 Å². The number of aryl methyl sites for hydroxylation is 1. The molecule has 1 aliphatic rings. The van der Waals surface area contributed by atoms with Crippen molar-refractivity contribution in [1.29, 1.82) is 0 Å². The maximum absolute atomic E-state index is 12.7. The Bertz CT molecular complexity index is 716. The second-order valence-corrected chi connectivity index (χ2v) is 8.84. The highest BCUT2D eigenvalue weighted by Crippen LogP contribution is 2.30. The lowest BCUT2D eigenvalue weighted by molar-refractivity contribution is -0.139. The Morgan fingerprint density at radius 3 is 2.37 bits per heavy atom. The fourth-order valence-corrected chi connectivity index (χ4v) is 3.32. The summed E-state index contributed by atoms with van der Waals surface area (Å²) in [7, 11) is 1.35. The van der Waals surface area contributed by atoms with E-state index in [-0.39, 0.29) is 28.8 Å². The van der Waals surface area contributed by atoms with Crippen LogP contribution in [0.4, 0.5) is 0 Å². The first-order valence-electron chi connectivity index (χ1n) is 10.4. The van der Waals surface area contributed by atoms with E-state index in [0.29, 0.717) is 26.1 Å². The Hall–Kier alpha value is -2.12. The number of carbonyl (C=O) groups is 2. The molecule has 2 rings (SSSR count). The number of ether oxygens (including phenoxy) is 2. The van der Waals surface area contributed by atoms with Gasteiger partial charge < -0.3 is 25.2 Å². The Balaban J connectivity index is 0.000000804. The lowest BCUT2D eigenvalue weighted by Gasteiger charge is -2.39. The van der Waals surface area contributed by atoms with Crippen molar-refractivity contribution in [2.24, 2.45) is 5.73 Å². The number of carbonyl (C=O) groups excluding carboxylic acids is 2. The Labute approximate surface area is 180 Å². The third-order valence-electron chi connectivity index (χ3n) is 5.40. The second-order valence-electron chi connectivity index (χ2n) is 8.84. The molecule has 3 N–H and O–H groups in total. The van der Waals surface area contributed by atoms with Gasteiger partial charge in [0.25, 0.3) is 0 Å². The van der Waals surface area contributed by atoms with Crippen molar-refractivity contribution in [3.8, 4) is 5.75 Å². The number of nitrogens with two attached hydrogens (primary N) is 1. The summed E-state index contributed by atoms with van der Waals surface area (Å²) < 4.78 is 10.1. The van der Waals surface area contributed by atoms with Gasteiger partial charge in [0.05, 0.1) is 12.7 Å². The maximum Gasteiger partial charge on any atom is 0.302 e. The third kappa shape index (κ3) is 8.32. The molecule has 0 unspecified atom stereocenters. The smallest absolute Gasteiger partial charge is 0.302 e. The maximum atomic E-state index is 12.7. The molecule has 1 aromatic rings. The lowest BCUT2D eigenvalue weighted by Crippen LogP contribution is -2.47. The summed E-state index contributed by atoms with van der Waals surface area (Å²) in [6, 6.07) is 5.39. The van der Waals surface area contributed by atoms with E-state index < -0.39 is 0 Å². The molecule has 1 heterocycles. The Kier molecular flexibility index (Phi) is 9.78. The minimum Gasteiger partial charge on any atom is -0.508 e. The molecule has 0 aromatic heterocycles. The molecule has 0 radical (unpaired) electrons. The van der Waals surface area contributed by atoms with Gasteiger partial charge >= 0.3 is 5.97 Å². The number of amides is 1. The van der Waals surface area contributed by atoms with Crippen LogP contribution >= 0.6 is 0 Å². The van der Waals surface area contributed by atoms with Gasteiger partial charge in [-0.1, -0.05) is 6.07 Å². The molecule has 0 fully saturated rings. The average Bonchev–Trinajstić information content (AvgIpc) is 2.81. The molecule has 0 saturated heterocycles. The average molecular weight is 423 g/mol. The topological polar surface area (TPSA) is 102 Å². The number of esters is 1. The monoisotopic (exact) mass is 422 g/mol. The SMILES string of the molecule is CC(C)(CCN)OCCC(C)(C)N1Cc2cc(O)ccc2CCC1=O.COC(C)=O. The molecule has 1 amide bonds. The Morgan fingerprint density at radius 2 is 1.80 bits per heavy atom. The van der Waals surface area contributed by atoms with Crippen molar-refractivity contribution in [1.82, 2.24) is 4.90 Å². The van der Waals surface area contributed by atoms with E-state index >= 15 is 0 Å². The predicted octanol–water partition coefficient (Wildman–Crippen LogP) is 3.16. The van der Waals surface area contributed by atoms with E-state index in [1.54, 1.807) is 12.1 Å². The normalized spacial score (nSPS) is 14.4. The van der Waals surface area contributed by atoms with Crippen LogP contribution in [-0.4, -0.2) is 53.3 Å². The fourth-order valence-electron chi connectivity index (χ4n) is 3.32. The highest BCUT2D eigenvalue weighted by atomic mass is 16.5. The van der Waals surface area contributed by atoms with E-state index in [1.165, 1.54) is 14.0 Å². The van der Waals surface area contributed by atoms with Crippen LogP contribution in [0.15, 0.2) is 18.2 Å². The minimum atomic E-state index is -0.317. The highest BCUT2D eigenvalue weighted by Gasteiger charge is 2.33. The van der Waals surface area contributed by atoms with Crippen LogP contribution in [0.2, 0.25) is 0 Å². The zero-order chi connectivity index (χ0) is 22.9. The predicted molar refractivity (Wildman–Crippen MR) is 117 cm³/mol. The van der Waals surface area contributed by atoms with Crippen molar-refractivity contribution < 1.29 is 24.2 Å². The van der Waals surface area contributed by atoms with E-state index in [1.807, 2.05) is 24.8 Å². The molecule has 0 saturated carbocycles. The molecule has 0 bridgehead atoms. The van der Waals surface area contributed by atoms with Crippen LogP contribution in [0.3, 0.4) is 0 Å². The molecule has 1 aromatic carbocycles. The van der Waals surface area contributed by atoms with Crippen molar-refractivity contribution in [3.63, 3.8) is 0 Å². The first-order chi connectivity index (χ1) is 13.9. The summed E-state index contributed by atoms with van der Waals surface area (Å²) in [5.41, 5.74) is 7.24. The van der Waals surface area contributed by atoms with Crippen molar-refractivity contribution in [2.45, 2.75) is 78.0 Å². The molecule has 170 valence electrons. The quantitative estimate of drug-likeness (QED) is 0.655. The third-order valence-corrected chi connectivity index (χ3v) is 5.40. The molecule has 1 aliphatic heterocycles. The van der Waals surface area contributed by atoms with Crippen LogP contribution in [-0.2, 0) is 32.0 Å². The van der Waals surface area contributed by atoms with Crippen molar-refractivity contribution in [2.75, 3.05) is 20.3 Å². The van der Waals surface area contributed by atoms with Gasteiger partial charge in [0.1, 0.15) is 5.75 Å². The summed E-state index contributed by atoms with van der Waals surface area (Å²) in [6.45, 7) is 11.3. The van der Waals surface area contributed by atoms with Crippen LogP contribution < -0.4 is 5.73 Å². The highest BCUT2D eigenvalue weighted by molar-refractivity contribution is 5.78. The molecule has 7 nitrogen and oxygen atoms in total. The Morgan fingerprint density at radius 1 is 1.17 bits per heavy atom. The number of rotatable bonds is 7. The summed E-state index contributed by atoms with van der Waals surface area (Å²) in [4.78, 5) is 24.2. The largest absolute Gasteiger partial charge is 0.508 e. The summed E-state index contributed by atoms with van der Waals surface area (Å²) in [5, 5.41) is 9.78. The molecular weight excluding hydrogens is 384 g/mol. The summed E-state index contributed by atoms with van der Waals surface area (Å²) >= 11 is 0. The van der Waals surface area contributed by atoms with Gasteiger partial charge in [0, 0.05) is 32.0 Å². The standard InChI is InChI=1S/C20H32N2O3.C3H6O2/c1-19(2,10-12-25-20(3,4)9-11-21)22-14-16-13-17(23)7-5-15(16)6-8-18(22)24;1-3(4)5-2/h5,7,13,23H,6,8-12,14,21H2,1-4H3;1-2H3. The van der Waals surface area contributed by atoms with Gasteiger partial charge in [-0.25, -0.2) is 0 Å². The first-order valence-corrected chi connectivity index (χ1v) is 10.4. The molecular formula is C23H38N2O5. The molecule has 0 atom stereocenters. The van der Waals surface area contributed by atoms with Crippen LogP contribution in [0.25, 0.3) is 0 Å². The summed E-state index contributed by atoms with van der Waals surface area (Å²) in [5.74, 6) is 0.157. The van der Waals surface area contributed by atoms with Gasteiger partial charge in [0.15, 0.2) is 0 Å². The number of fused-ring (bicyclic) bond motifs is 1. The molecule has 0 spiro atoms. The van der Waals surface area contributed by atoms with Crippen LogP contribution in [0.1, 0.15) is 65.0 Å². The number of benzene rings is 1. The summed E-state index contributed by atoms with van der Waals surface area (Å²) in [6.07, 6.45) is 2.78. The van der Waals surface area contributed by atoms with Gasteiger partial charge in [0.2, 0.25) is 5.91 Å². The van der Waals surface area contributed by atoms with Crippen LogP contribution in [0.5, 0.6) is 5.75 Å². The number of phenolic OH excluding ortho intramolecular Hbond substituents is 1. The van der Waals surface area contributed by atoms with Crippen molar-refractivity contribution in [3.05, 3.63) is 29.3 Å². The number of methoxy groups -OCH3 is 1. The number of nitrogens with zero attached hydrogens (tertiary/aromatic N) is 1. The van der Waals surface area contributed by atoms with E-state index in [0.717, 1.165) is 30.4 Å². The fraction of sp³-hybridized carbons (Fsp3) is 0.652. The van der Waals surface area contributed by atoms with Crippen molar-refractivity contribution >= 4 is 11.9 Å². The van der Waals surface area contributed by atoms with E-state index in [4.69, 9.17) is 10.5 Å². The lowest BCUT2D eigenvalue weighted by atomic mass is 9.96. The van der Waals surface area contributed by atoms with Gasteiger partial charge in [-0.15, -0.1) is 0 Å². The van der Waals surface area contributed by atoms with Crippen LogP contribution in [0, 0.1) is 0 Å². The number of aromatic hydroxyl groups is 1. The number of hydrogen-bond acceptors (Lipinski definition) is 6. The van der Waals surface area contributed by atoms with Gasteiger partial charge in [-0.05, 0) is 76.8 Å². The van der Waals surface area contributed by atoms with E-state index in [9.17, 15) is 14.7 Å². The molecule has 0 aliphatic carbocycles. The second kappa shape index (κ2) is 11.3. The minimum absolute atomic E-state index is 0.155. The first kappa shape index (κ1) is 25.9. The molecule has 30 heavy (non-hydrogen) atoms. The zero-order valence-electron chi connectivity index (χ0n) is 19.3. The van der Waals surface area contributed by atoms with Gasteiger partial charge in [-0.2, -0.15) is 0 Å². The molecule has 7 heteroatoms. The number of hydrogen-bond donors (Lipinski definition) is 2. The van der Waals surface area contributed by atoms with E-state index in [2.05, 4.69) is 18.6 Å². The zero-order valence-corrected chi connectivity index (χ0v) is 19.3. The number of phenols is 1.